The van der Waals surface area contributed by atoms with E-state index >= 15 is 0 Å². The molecule has 0 aromatic carbocycles. The minimum atomic E-state index is -4.59. The molecule has 0 saturated heterocycles. The molecule has 0 atom stereocenters. The summed E-state index contributed by atoms with van der Waals surface area (Å²) < 4.78 is 49.4. The number of aryl methyl sites for hydroxylation is 1. The van der Waals surface area contributed by atoms with Gasteiger partial charge in [-0.15, -0.1) is 0 Å². The molecular formula is C8H7F4N. The first-order valence-electron chi connectivity index (χ1n) is 3.53. The van der Waals surface area contributed by atoms with Gasteiger partial charge >= 0.3 is 6.18 Å². The molecule has 0 bridgehead atoms. The van der Waals surface area contributed by atoms with Crippen LogP contribution in [0.15, 0.2) is 6.07 Å². The van der Waals surface area contributed by atoms with E-state index in [9.17, 15) is 17.6 Å². The molecule has 0 aliphatic carbocycles. The molecular weight excluding hydrogens is 186 g/mol. The third kappa shape index (κ3) is 1.96. The van der Waals surface area contributed by atoms with Crippen LogP contribution in [0.4, 0.5) is 17.6 Å². The van der Waals surface area contributed by atoms with Crippen LogP contribution in [-0.2, 0) is 6.18 Å². The molecule has 1 aromatic rings. The fourth-order valence-electron chi connectivity index (χ4n) is 0.973. The van der Waals surface area contributed by atoms with E-state index in [0.29, 0.717) is 0 Å². The summed E-state index contributed by atoms with van der Waals surface area (Å²) in [6, 6.07) is 0.977. The summed E-state index contributed by atoms with van der Waals surface area (Å²) in [7, 11) is 0. The van der Waals surface area contributed by atoms with E-state index in [1.54, 1.807) is 0 Å². The summed E-state index contributed by atoms with van der Waals surface area (Å²) in [6.07, 6.45) is -4.59. The van der Waals surface area contributed by atoms with Gasteiger partial charge in [-0.2, -0.15) is 13.2 Å². The van der Waals surface area contributed by atoms with Crippen molar-refractivity contribution < 1.29 is 17.6 Å². The predicted octanol–water partition coefficient (Wildman–Crippen LogP) is 2.86. The van der Waals surface area contributed by atoms with Crippen molar-refractivity contribution in [1.82, 2.24) is 4.98 Å². The number of halogens is 4. The normalized spacial score (nSPS) is 11.8. The molecule has 1 aromatic heterocycles. The zero-order valence-corrected chi connectivity index (χ0v) is 7.04. The molecule has 1 rings (SSSR count). The Morgan fingerprint density at radius 2 is 1.77 bits per heavy atom. The Hall–Kier alpha value is -1.13. The summed E-state index contributed by atoms with van der Waals surface area (Å²) in [6.45, 7) is 2.38. The molecule has 0 saturated carbocycles. The maximum atomic E-state index is 12.8. The van der Waals surface area contributed by atoms with Gasteiger partial charge in [0, 0.05) is 11.3 Å². The van der Waals surface area contributed by atoms with Crippen LogP contribution in [0.25, 0.3) is 0 Å². The van der Waals surface area contributed by atoms with Crippen molar-refractivity contribution in [2.75, 3.05) is 0 Å². The van der Waals surface area contributed by atoms with Gasteiger partial charge in [-0.3, -0.25) is 0 Å². The van der Waals surface area contributed by atoms with E-state index < -0.39 is 23.3 Å². The van der Waals surface area contributed by atoms with Gasteiger partial charge in [-0.25, -0.2) is 9.37 Å². The largest absolute Gasteiger partial charge is 0.433 e. The van der Waals surface area contributed by atoms with Gasteiger partial charge in [0.25, 0.3) is 0 Å². The molecule has 0 N–H and O–H groups in total. The Kier molecular flexibility index (Phi) is 2.28. The van der Waals surface area contributed by atoms with Crippen molar-refractivity contribution in [3.63, 3.8) is 0 Å². The second-order valence-electron chi connectivity index (χ2n) is 2.72. The third-order valence-corrected chi connectivity index (χ3v) is 1.61. The molecule has 0 spiro atoms. The highest BCUT2D eigenvalue weighted by atomic mass is 19.4. The molecule has 0 amide bonds. The van der Waals surface area contributed by atoms with Gasteiger partial charge in [0.2, 0.25) is 0 Å². The lowest BCUT2D eigenvalue weighted by Gasteiger charge is -2.10. The van der Waals surface area contributed by atoms with Gasteiger partial charge in [-0.05, 0) is 19.9 Å². The third-order valence-electron chi connectivity index (χ3n) is 1.61. The quantitative estimate of drug-likeness (QED) is 0.577. The van der Waals surface area contributed by atoms with Crippen LogP contribution in [0.2, 0.25) is 0 Å². The molecule has 0 aliphatic heterocycles. The Morgan fingerprint density at radius 1 is 1.23 bits per heavy atom. The highest BCUT2D eigenvalue weighted by Crippen LogP contribution is 2.31. The van der Waals surface area contributed by atoms with Crippen molar-refractivity contribution in [3.8, 4) is 0 Å². The smallest absolute Gasteiger partial charge is 0.248 e. The highest BCUT2D eigenvalue weighted by Gasteiger charge is 2.35. The zero-order valence-electron chi connectivity index (χ0n) is 7.04. The minimum Gasteiger partial charge on any atom is -0.248 e. The summed E-state index contributed by atoms with van der Waals surface area (Å²) in [4.78, 5) is 3.24. The van der Waals surface area contributed by atoms with Crippen molar-refractivity contribution in [1.29, 1.82) is 0 Å². The van der Waals surface area contributed by atoms with Crippen molar-refractivity contribution in [2.24, 2.45) is 0 Å². The monoisotopic (exact) mass is 193 g/mol. The van der Waals surface area contributed by atoms with Crippen LogP contribution in [-0.4, -0.2) is 4.98 Å². The number of pyridine rings is 1. The number of alkyl halides is 3. The van der Waals surface area contributed by atoms with Crippen LogP contribution in [0.1, 0.15) is 17.0 Å². The van der Waals surface area contributed by atoms with E-state index in [2.05, 4.69) is 4.98 Å². The number of hydrogen-bond acceptors (Lipinski definition) is 1. The van der Waals surface area contributed by atoms with Gasteiger partial charge in [-0.1, -0.05) is 0 Å². The predicted molar refractivity (Wildman–Crippen MR) is 38.7 cm³/mol. The molecule has 0 aliphatic rings. The number of aromatic nitrogens is 1. The van der Waals surface area contributed by atoms with Crippen LogP contribution < -0.4 is 0 Å². The van der Waals surface area contributed by atoms with E-state index in [1.807, 2.05) is 0 Å². The van der Waals surface area contributed by atoms with E-state index in [0.717, 1.165) is 13.0 Å². The summed E-state index contributed by atoms with van der Waals surface area (Å²) >= 11 is 0. The maximum Gasteiger partial charge on any atom is 0.433 e. The minimum absolute atomic E-state index is 0.0235. The second-order valence-corrected chi connectivity index (χ2v) is 2.72. The van der Waals surface area contributed by atoms with Gasteiger partial charge < -0.3 is 0 Å². The van der Waals surface area contributed by atoms with Gasteiger partial charge in [0.05, 0.1) is 0 Å². The van der Waals surface area contributed by atoms with Gasteiger partial charge in [0.15, 0.2) is 5.69 Å². The molecule has 72 valence electrons. The van der Waals surface area contributed by atoms with Crippen molar-refractivity contribution >= 4 is 0 Å². The van der Waals surface area contributed by atoms with Crippen LogP contribution in [0, 0.1) is 19.7 Å². The second kappa shape index (κ2) is 2.97. The number of rotatable bonds is 0. The maximum absolute atomic E-state index is 12.8. The Balaban J connectivity index is 3.37. The van der Waals surface area contributed by atoms with Crippen LogP contribution >= 0.6 is 0 Å². The van der Waals surface area contributed by atoms with Gasteiger partial charge in [0.1, 0.15) is 5.82 Å². The van der Waals surface area contributed by atoms with E-state index in [1.165, 1.54) is 6.92 Å². The average molecular weight is 193 g/mol. The number of hydrogen-bond donors (Lipinski definition) is 0. The van der Waals surface area contributed by atoms with E-state index in [-0.39, 0.29) is 5.69 Å². The Morgan fingerprint density at radius 3 is 2.23 bits per heavy atom. The molecule has 0 unspecified atom stereocenters. The molecule has 1 nitrogen and oxygen atoms in total. The lowest BCUT2D eigenvalue weighted by molar-refractivity contribution is -0.142. The number of nitrogens with zero attached hydrogens (tertiary/aromatic N) is 1. The summed E-state index contributed by atoms with van der Waals surface area (Å²) in [5, 5.41) is 0. The Bertz CT molecular complexity index is 330. The standard InChI is InChI=1S/C8H7F4N/c1-4-3-6(9)5(2)7(13-4)8(10,11)12/h3H,1-2H3. The molecule has 13 heavy (non-hydrogen) atoms. The van der Waals surface area contributed by atoms with E-state index in [4.69, 9.17) is 0 Å². The Labute approximate surface area is 72.4 Å². The van der Waals surface area contributed by atoms with Crippen LogP contribution in [0.3, 0.4) is 0 Å². The molecule has 0 fully saturated rings. The van der Waals surface area contributed by atoms with Crippen LogP contribution in [0.5, 0.6) is 0 Å². The first kappa shape index (κ1) is 9.95. The SMILES string of the molecule is Cc1cc(F)c(C)c(C(F)(F)F)n1. The lowest BCUT2D eigenvalue weighted by Crippen LogP contribution is -2.12. The highest BCUT2D eigenvalue weighted by molar-refractivity contribution is 5.25. The molecule has 1 heterocycles. The molecule has 5 heteroatoms. The summed E-state index contributed by atoms with van der Waals surface area (Å²) in [5.41, 5.74) is -1.58. The average Bonchev–Trinajstić information content (AvgIpc) is 1.94. The molecule has 0 radical (unpaired) electrons. The fraction of sp³-hybridized carbons (Fsp3) is 0.375. The fourth-order valence-corrected chi connectivity index (χ4v) is 0.973. The zero-order chi connectivity index (χ0) is 10.2. The summed E-state index contributed by atoms with van der Waals surface area (Å²) in [5.74, 6) is -0.875. The lowest BCUT2D eigenvalue weighted by atomic mass is 10.2. The topological polar surface area (TPSA) is 12.9 Å². The first-order chi connectivity index (χ1) is 5.82. The first-order valence-corrected chi connectivity index (χ1v) is 3.53. The van der Waals surface area contributed by atoms with Crippen molar-refractivity contribution in [3.05, 3.63) is 28.8 Å². The van der Waals surface area contributed by atoms with Crippen molar-refractivity contribution in [2.45, 2.75) is 20.0 Å².